The van der Waals surface area contributed by atoms with Gasteiger partial charge in [-0.3, -0.25) is 14.2 Å². The van der Waals surface area contributed by atoms with Crippen molar-refractivity contribution >= 4 is 38.9 Å². The van der Waals surface area contributed by atoms with Crippen molar-refractivity contribution < 1.29 is 17.6 Å². The van der Waals surface area contributed by atoms with Gasteiger partial charge in [0, 0.05) is 30.2 Å². The minimum Gasteiger partial charge on any atom is -0.346 e. The number of nitrogens with zero attached hydrogens (tertiary/aromatic N) is 5. The molecule has 2 N–H and O–H groups in total. The van der Waals surface area contributed by atoms with Gasteiger partial charge in [0.05, 0.1) is 29.2 Å². The zero-order valence-corrected chi connectivity index (χ0v) is 20.1. The zero-order chi connectivity index (χ0) is 25.3. The third-order valence-electron chi connectivity index (χ3n) is 4.92. The molecule has 1 unspecified atom stereocenters. The smallest absolute Gasteiger partial charge is 0.271 e. The summed E-state index contributed by atoms with van der Waals surface area (Å²) in [4.78, 5) is 16.9. The van der Waals surface area contributed by atoms with Gasteiger partial charge in [-0.25, -0.2) is 17.8 Å². The Kier molecular flexibility index (Phi) is 6.47. The van der Waals surface area contributed by atoms with Gasteiger partial charge < -0.3 is 9.72 Å². The monoisotopic (exact) mass is 515 g/mol. The number of aromatic nitrogens is 4. The fraction of sp³-hybridized carbons (Fsp3) is 0.182. The van der Waals surface area contributed by atoms with E-state index < -0.39 is 21.7 Å². The van der Waals surface area contributed by atoms with E-state index in [-0.39, 0.29) is 22.3 Å². The molecule has 0 saturated carbocycles. The van der Waals surface area contributed by atoms with Gasteiger partial charge in [0.2, 0.25) is 10.0 Å². The number of hydrogen-bond acceptors (Lipinski definition) is 6. The van der Waals surface area contributed by atoms with E-state index >= 15 is 0 Å². The number of carbonyl (C=O) groups excluding carboxylic acids is 1. The first-order valence-electron chi connectivity index (χ1n) is 10.2. The summed E-state index contributed by atoms with van der Waals surface area (Å²) < 4.78 is 42.4. The van der Waals surface area contributed by atoms with Crippen molar-refractivity contribution in [2.24, 2.45) is 0 Å². The molecule has 0 bridgehead atoms. The summed E-state index contributed by atoms with van der Waals surface area (Å²) in [6.07, 6.45) is 5.75. The number of sulfonamides is 1. The van der Waals surface area contributed by atoms with Crippen LogP contribution in [-0.2, 0) is 16.6 Å². The largest absolute Gasteiger partial charge is 0.346 e. The third kappa shape index (κ3) is 5.59. The standard InChI is InChI=1S/C22H19ClFN7O3S/c1-13(10-31-6-5-19(28-31)14-7-17(23)16(9-25)18(24)8-14)26-22(32)20-12-30-11-15(29-35(2,33)34)3-4-21(30)27-20/h3-8,11-13,29H,10H2,1-2H3,(H,26,32). The van der Waals surface area contributed by atoms with Crippen molar-refractivity contribution in [1.82, 2.24) is 24.5 Å². The van der Waals surface area contributed by atoms with Crippen LogP contribution in [0.25, 0.3) is 16.9 Å². The molecule has 4 rings (SSSR count). The Labute approximate surface area is 205 Å². The van der Waals surface area contributed by atoms with Crippen LogP contribution in [0.1, 0.15) is 23.0 Å². The van der Waals surface area contributed by atoms with Crippen LogP contribution in [0, 0.1) is 17.1 Å². The number of amides is 1. The van der Waals surface area contributed by atoms with Gasteiger partial charge in [-0.05, 0) is 37.3 Å². The van der Waals surface area contributed by atoms with Crippen LogP contribution < -0.4 is 10.0 Å². The Hall–Kier alpha value is -3.95. The van der Waals surface area contributed by atoms with E-state index in [2.05, 4.69) is 20.1 Å². The first kappa shape index (κ1) is 24.2. The topological polar surface area (TPSA) is 134 Å². The summed E-state index contributed by atoms with van der Waals surface area (Å²) in [5.41, 5.74) is 1.66. The molecule has 1 amide bonds. The molecule has 35 heavy (non-hydrogen) atoms. The minimum absolute atomic E-state index is 0.00403. The molecule has 13 heteroatoms. The Morgan fingerprint density at radius 1 is 1.29 bits per heavy atom. The van der Waals surface area contributed by atoms with Crippen LogP contribution in [0.3, 0.4) is 0 Å². The lowest BCUT2D eigenvalue weighted by atomic mass is 10.1. The first-order valence-corrected chi connectivity index (χ1v) is 12.5. The molecule has 3 heterocycles. The zero-order valence-electron chi connectivity index (χ0n) is 18.5. The van der Waals surface area contributed by atoms with Gasteiger partial charge in [-0.15, -0.1) is 0 Å². The quantitative estimate of drug-likeness (QED) is 0.388. The molecule has 1 atom stereocenters. The number of imidazole rings is 1. The number of benzene rings is 1. The lowest BCUT2D eigenvalue weighted by molar-refractivity contribution is 0.0931. The molecule has 3 aromatic heterocycles. The molecule has 0 radical (unpaired) electrons. The van der Waals surface area contributed by atoms with Crippen LogP contribution >= 0.6 is 11.6 Å². The molecule has 0 aliphatic rings. The molecule has 0 aliphatic carbocycles. The highest BCUT2D eigenvalue weighted by Gasteiger charge is 2.16. The van der Waals surface area contributed by atoms with Crippen molar-refractivity contribution in [2.75, 3.05) is 11.0 Å². The minimum atomic E-state index is -3.43. The highest BCUT2D eigenvalue weighted by atomic mass is 35.5. The normalized spacial score (nSPS) is 12.3. The lowest BCUT2D eigenvalue weighted by Crippen LogP contribution is -2.36. The SMILES string of the molecule is CC(Cn1ccc(-c2cc(F)c(C#N)c(Cl)c2)n1)NC(=O)c1cn2cc(NS(C)(=O)=O)ccc2n1. The second kappa shape index (κ2) is 9.36. The molecule has 0 spiro atoms. The van der Waals surface area contributed by atoms with E-state index in [1.807, 2.05) is 0 Å². The van der Waals surface area contributed by atoms with Crippen LogP contribution in [0.2, 0.25) is 5.02 Å². The average molecular weight is 516 g/mol. The fourth-order valence-corrected chi connectivity index (χ4v) is 4.24. The Balaban J connectivity index is 1.43. The molecule has 4 aromatic rings. The summed E-state index contributed by atoms with van der Waals surface area (Å²) in [7, 11) is -3.43. The molecule has 0 fully saturated rings. The molecular weight excluding hydrogens is 497 g/mol. The maximum Gasteiger partial charge on any atom is 0.271 e. The molecule has 0 saturated heterocycles. The van der Waals surface area contributed by atoms with Crippen LogP contribution in [0.5, 0.6) is 0 Å². The number of rotatable bonds is 7. The molecule has 0 aliphatic heterocycles. The maximum atomic E-state index is 14.1. The van der Waals surface area contributed by atoms with E-state index in [9.17, 15) is 17.6 Å². The third-order valence-corrected chi connectivity index (χ3v) is 5.82. The molecule has 1 aromatic carbocycles. The summed E-state index contributed by atoms with van der Waals surface area (Å²) >= 11 is 5.98. The van der Waals surface area contributed by atoms with Crippen LogP contribution in [0.15, 0.2) is 48.9 Å². The van der Waals surface area contributed by atoms with Crippen molar-refractivity contribution in [3.05, 3.63) is 71.0 Å². The number of carbonyl (C=O) groups is 1. The van der Waals surface area contributed by atoms with Gasteiger partial charge in [0.25, 0.3) is 5.91 Å². The summed E-state index contributed by atoms with van der Waals surface area (Å²) in [5.74, 6) is -1.14. The predicted molar refractivity (Wildman–Crippen MR) is 128 cm³/mol. The fourth-order valence-electron chi connectivity index (χ4n) is 3.44. The van der Waals surface area contributed by atoms with Crippen molar-refractivity contribution in [2.45, 2.75) is 19.5 Å². The molecule has 10 nitrogen and oxygen atoms in total. The Bertz CT molecular complexity index is 1570. The number of pyridine rings is 1. The number of hydrogen-bond donors (Lipinski definition) is 2. The second-order valence-electron chi connectivity index (χ2n) is 7.91. The Morgan fingerprint density at radius 2 is 2.06 bits per heavy atom. The maximum absolute atomic E-state index is 14.1. The van der Waals surface area contributed by atoms with Crippen LogP contribution in [-0.4, -0.2) is 45.8 Å². The van der Waals surface area contributed by atoms with Gasteiger partial charge in [-0.1, -0.05) is 11.6 Å². The number of nitriles is 1. The number of halogens is 2. The highest BCUT2D eigenvalue weighted by Crippen LogP contribution is 2.26. The van der Waals surface area contributed by atoms with Gasteiger partial charge in [0.1, 0.15) is 28.8 Å². The Morgan fingerprint density at radius 3 is 2.74 bits per heavy atom. The van der Waals surface area contributed by atoms with E-state index in [1.165, 1.54) is 24.5 Å². The average Bonchev–Trinajstić information content (AvgIpc) is 3.39. The number of fused-ring (bicyclic) bond motifs is 1. The number of nitrogens with one attached hydrogen (secondary N) is 2. The van der Waals surface area contributed by atoms with E-state index in [4.69, 9.17) is 16.9 Å². The molecule has 180 valence electrons. The van der Waals surface area contributed by atoms with Crippen LogP contribution in [0.4, 0.5) is 10.1 Å². The van der Waals surface area contributed by atoms with E-state index in [0.29, 0.717) is 29.1 Å². The van der Waals surface area contributed by atoms with Gasteiger partial charge >= 0.3 is 0 Å². The van der Waals surface area contributed by atoms with Crippen molar-refractivity contribution in [3.63, 3.8) is 0 Å². The summed E-state index contributed by atoms with van der Waals surface area (Å²) in [6.45, 7) is 2.12. The highest BCUT2D eigenvalue weighted by molar-refractivity contribution is 7.92. The predicted octanol–water partition coefficient (Wildman–Crippen LogP) is 3.05. The lowest BCUT2D eigenvalue weighted by Gasteiger charge is -2.13. The van der Waals surface area contributed by atoms with Gasteiger partial charge in [-0.2, -0.15) is 10.4 Å². The number of anilines is 1. The first-order chi connectivity index (χ1) is 16.5. The van der Waals surface area contributed by atoms with E-state index in [1.54, 1.807) is 46.5 Å². The van der Waals surface area contributed by atoms with Crippen molar-refractivity contribution in [3.8, 4) is 17.3 Å². The molecular formula is C22H19ClFN7O3S. The summed E-state index contributed by atoms with van der Waals surface area (Å²) in [6, 6.07) is 8.88. The van der Waals surface area contributed by atoms with Crippen molar-refractivity contribution in [1.29, 1.82) is 5.26 Å². The second-order valence-corrected chi connectivity index (χ2v) is 10.1. The van der Waals surface area contributed by atoms with E-state index in [0.717, 1.165) is 6.26 Å². The van der Waals surface area contributed by atoms with Gasteiger partial charge in [0.15, 0.2) is 0 Å². The summed E-state index contributed by atoms with van der Waals surface area (Å²) in [5, 5.41) is 16.2.